The normalized spacial score (nSPS) is 29.4. The molecule has 2 heteroatoms. The molecule has 0 saturated carbocycles. The highest BCUT2D eigenvalue weighted by atomic mass is 16.7. The van der Waals surface area contributed by atoms with E-state index in [4.69, 9.17) is 4.84 Å². The highest BCUT2D eigenvalue weighted by molar-refractivity contribution is 4.63. The molecule has 1 saturated heterocycles. The maximum Gasteiger partial charge on any atom is 0.0688 e. The minimum absolute atomic E-state index is 0.530. The Morgan fingerprint density at radius 3 is 2.60 bits per heavy atom. The highest BCUT2D eigenvalue weighted by Gasteiger charge is 2.18. The van der Waals surface area contributed by atoms with Crippen LogP contribution in [0, 0.1) is 5.92 Å². The smallest absolute Gasteiger partial charge is 0.0688 e. The average Bonchev–Trinajstić information content (AvgIpc) is 1.88. The first kappa shape index (κ1) is 8.02. The molecular weight excluding hydrogens is 126 g/mol. The molecule has 0 bridgehead atoms. The second-order valence-electron chi connectivity index (χ2n) is 3.42. The Balaban J connectivity index is 2.32. The van der Waals surface area contributed by atoms with E-state index >= 15 is 0 Å². The van der Waals surface area contributed by atoms with E-state index in [0.717, 1.165) is 19.1 Å². The van der Waals surface area contributed by atoms with Crippen LogP contribution < -0.4 is 0 Å². The van der Waals surface area contributed by atoms with E-state index in [9.17, 15) is 0 Å². The van der Waals surface area contributed by atoms with Crippen molar-refractivity contribution in [3.8, 4) is 0 Å². The predicted molar refractivity (Wildman–Crippen MR) is 41.6 cm³/mol. The molecule has 0 aromatic heterocycles. The molecule has 1 unspecified atom stereocenters. The van der Waals surface area contributed by atoms with Gasteiger partial charge in [-0.05, 0) is 26.2 Å². The summed E-state index contributed by atoms with van der Waals surface area (Å²) >= 11 is 0. The molecule has 1 rings (SSSR count). The molecule has 1 aliphatic rings. The summed E-state index contributed by atoms with van der Waals surface area (Å²) in [7, 11) is 0. The van der Waals surface area contributed by atoms with Gasteiger partial charge in [-0.2, -0.15) is 5.06 Å². The van der Waals surface area contributed by atoms with E-state index < -0.39 is 0 Å². The Labute approximate surface area is 63.1 Å². The van der Waals surface area contributed by atoms with Crippen LogP contribution in [0.4, 0.5) is 0 Å². The van der Waals surface area contributed by atoms with Gasteiger partial charge in [-0.3, -0.25) is 4.84 Å². The van der Waals surface area contributed by atoms with Crippen molar-refractivity contribution >= 4 is 0 Å². The van der Waals surface area contributed by atoms with Gasteiger partial charge >= 0.3 is 0 Å². The number of hydrogen-bond acceptors (Lipinski definition) is 2. The maximum absolute atomic E-state index is 5.44. The third kappa shape index (κ3) is 1.96. The fraction of sp³-hybridized carbons (Fsp3) is 1.00. The van der Waals surface area contributed by atoms with Crippen LogP contribution in [0.25, 0.3) is 0 Å². The lowest BCUT2D eigenvalue weighted by Crippen LogP contribution is -2.39. The lowest BCUT2D eigenvalue weighted by atomic mass is 10.1. The molecule has 10 heavy (non-hydrogen) atoms. The zero-order chi connectivity index (χ0) is 7.56. The first-order valence-electron chi connectivity index (χ1n) is 4.09. The fourth-order valence-electron chi connectivity index (χ4n) is 1.18. The van der Waals surface area contributed by atoms with E-state index in [1.54, 1.807) is 0 Å². The molecule has 2 nitrogen and oxygen atoms in total. The van der Waals surface area contributed by atoms with Crippen LogP contribution in [0.3, 0.4) is 0 Å². The molecule has 0 amide bonds. The Morgan fingerprint density at radius 1 is 1.50 bits per heavy atom. The van der Waals surface area contributed by atoms with Crippen LogP contribution in [0.15, 0.2) is 0 Å². The number of nitrogens with zero attached hydrogens (tertiary/aromatic N) is 1. The van der Waals surface area contributed by atoms with Crippen LogP contribution in [0.5, 0.6) is 0 Å². The zero-order valence-corrected chi connectivity index (χ0v) is 7.13. The van der Waals surface area contributed by atoms with Gasteiger partial charge in [0.25, 0.3) is 0 Å². The summed E-state index contributed by atoms with van der Waals surface area (Å²) in [6.07, 6.45) is 1.21. The molecule has 60 valence electrons. The summed E-state index contributed by atoms with van der Waals surface area (Å²) in [5, 5.41) is 2.08. The van der Waals surface area contributed by atoms with E-state index in [1.807, 2.05) is 0 Å². The van der Waals surface area contributed by atoms with E-state index in [0.29, 0.717) is 6.04 Å². The van der Waals surface area contributed by atoms with E-state index in [-0.39, 0.29) is 0 Å². The van der Waals surface area contributed by atoms with Crippen LogP contribution >= 0.6 is 0 Å². The third-order valence-electron chi connectivity index (χ3n) is 1.94. The topological polar surface area (TPSA) is 12.5 Å². The molecule has 0 spiro atoms. The van der Waals surface area contributed by atoms with Crippen molar-refractivity contribution in [2.75, 3.05) is 13.2 Å². The van der Waals surface area contributed by atoms with E-state index in [2.05, 4.69) is 25.8 Å². The van der Waals surface area contributed by atoms with Crippen LogP contribution in [-0.4, -0.2) is 24.3 Å². The molecule has 1 atom stereocenters. The lowest BCUT2D eigenvalue weighted by Gasteiger charge is -2.32. The lowest BCUT2D eigenvalue weighted by molar-refractivity contribution is -0.210. The summed E-state index contributed by atoms with van der Waals surface area (Å²) in [6, 6.07) is 0.530. The van der Waals surface area contributed by atoms with Crippen molar-refractivity contribution in [3.63, 3.8) is 0 Å². The van der Waals surface area contributed by atoms with Crippen molar-refractivity contribution in [1.29, 1.82) is 0 Å². The first-order chi connectivity index (χ1) is 4.70. The highest BCUT2D eigenvalue weighted by Crippen LogP contribution is 2.14. The van der Waals surface area contributed by atoms with Gasteiger partial charge in [0.05, 0.1) is 6.61 Å². The minimum Gasteiger partial charge on any atom is -0.299 e. The summed E-state index contributed by atoms with van der Waals surface area (Å²) in [4.78, 5) is 5.44. The second kappa shape index (κ2) is 3.35. The quantitative estimate of drug-likeness (QED) is 0.553. The molecule has 0 aromatic carbocycles. The Hall–Kier alpha value is -0.0800. The average molecular weight is 143 g/mol. The Kier molecular flexibility index (Phi) is 2.69. The predicted octanol–water partition coefficient (Wildman–Crippen LogP) is 1.67. The Bertz CT molecular complexity index is 103. The molecule has 0 aromatic rings. The van der Waals surface area contributed by atoms with Gasteiger partial charge in [0.1, 0.15) is 0 Å². The summed E-state index contributed by atoms with van der Waals surface area (Å²) in [6.45, 7) is 8.60. The molecule has 1 fully saturated rings. The van der Waals surface area contributed by atoms with Gasteiger partial charge in [0.15, 0.2) is 0 Å². The van der Waals surface area contributed by atoms with Crippen molar-refractivity contribution in [2.45, 2.75) is 33.2 Å². The summed E-state index contributed by atoms with van der Waals surface area (Å²) < 4.78 is 0. The number of hydrogen-bond donors (Lipinski definition) is 0. The van der Waals surface area contributed by atoms with E-state index in [1.165, 1.54) is 6.42 Å². The fourth-order valence-corrected chi connectivity index (χ4v) is 1.18. The van der Waals surface area contributed by atoms with Gasteiger partial charge in [0, 0.05) is 12.6 Å². The summed E-state index contributed by atoms with van der Waals surface area (Å²) in [5.74, 6) is 0.802. The number of rotatable bonds is 1. The molecule has 1 heterocycles. The van der Waals surface area contributed by atoms with Gasteiger partial charge < -0.3 is 0 Å². The van der Waals surface area contributed by atoms with Crippen LogP contribution in [0.2, 0.25) is 0 Å². The zero-order valence-electron chi connectivity index (χ0n) is 7.13. The monoisotopic (exact) mass is 143 g/mol. The number of hydroxylamine groups is 2. The van der Waals surface area contributed by atoms with Gasteiger partial charge in [0.2, 0.25) is 0 Å². The third-order valence-corrected chi connectivity index (χ3v) is 1.94. The second-order valence-corrected chi connectivity index (χ2v) is 3.42. The first-order valence-corrected chi connectivity index (χ1v) is 4.09. The molecule has 0 N–H and O–H groups in total. The SMILES string of the molecule is CC1CCON(C(C)C)C1. The van der Waals surface area contributed by atoms with Gasteiger partial charge in [-0.15, -0.1) is 0 Å². The maximum atomic E-state index is 5.44. The van der Waals surface area contributed by atoms with Crippen molar-refractivity contribution in [2.24, 2.45) is 5.92 Å². The van der Waals surface area contributed by atoms with Crippen molar-refractivity contribution in [3.05, 3.63) is 0 Å². The molecule has 1 aliphatic heterocycles. The molecule has 0 radical (unpaired) electrons. The summed E-state index contributed by atoms with van der Waals surface area (Å²) in [5.41, 5.74) is 0. The molecular formula is C8H17NO. The van der Waals surface area contributed by atoms with Crippen molar-refractivity contribution in [1.82, 2.24) is 5.06 Å². The largest absolute Gasteiger partial charge is 0.299 e. The van der Waals surface area contributed by atoms with Crippen LogP contribution in [0.1, 0.15) is 27.2 Å². The van der Waals surface area contributed by atoms with Gasteiger partial charge in [-0.25, -0.2) is 0 Å². The minimum atomic E-state index is 0.530. The Morgan fingerprint density at radius 2 is 2.20 bits per heavy atom. The van der Waals surface area contributed by atoms with Crippen LogP contribution in [-0.2, 0) is 4.84 Å². The standard InChI is InChI=1S/C8H17NO/c1-7(2)9-6-8(3)4-5-10-9/h7-8H,4-6H2,1-3H3. The van der Waals surface area contributed by atoms with Gasteiger partial charge in [-0.1, -0.05) is 6.92 Å². The molecule has 0 aliphatic carbocycles. The van der Waals surface area contributed by atoms with Crippen molar-refractivity contribution < 1.29 is 4.84 Å².